The van der Waals surface area contributed by atoms with E-state index < -0.39 is 12.4 Å². The molecule has 1 aliphatic heterocycles. The van der Waals surface area contributed by atoms with Crippen LogP contribution >= 0.6 is 44.3 Å². The first-order valence-electron chi connectivity index (χ1n) is 2.71. The Morgan fingerprint density at radius 1 is 0.889 bits per heavy atom. The predicted octanol–water partition coefficient (Wildman–Crippen LogP) is 2.00. The van der Waals surface area contributed by atoms with Crippen LogP contribution in [-0.4, -0.2) is 21.9 Å². The van der Waals surface area contributed by atoms with Crippen molar-refractivity contribution in [3.63, 3.8) is 0 Å². The van der Waals surface area contributed by atoms with Crippen LogP contribution < -0.4 is 0 Å². The van der Waals surface area contributed by atoms with E-state index in [-0.39, 0.29) is 9.52 Å². The first-order chi connectivity index (χ1) is 3.96. The van der Waals surface area contributed by atoms with Gasteiger partial charge in [0.15, 0.2) is 0 Å². The summed E-state index contributed by atoms with van der Waals surface area (Å²) in [7, 11) is -0.0694. The summed E-state index contributed by atoms with van der Waals surface area (Å²) in [5.74, 6) is 0. The second-order valence-corrected chi connectivity index (χ2v) is 27.6. The average molecular weight is 256 g/mol. The molecule has 0 unspecified atom stereocenters. The SMILES string of the molecule is Cl[Si]1(Cl)C[SiH2]C[Si]1(Cl)Cl. The third-order valence-corrected chi connectivity index (χ3v) is 40.0. The Morgan fingerprint density at radius 3 is 1.33 bits per heavy atom. The molecule has 1 saturated heterocycles. The zero-order chi connectivity index (χ0) is 7.12. The summed E-state index contributed by atoms with van der Waals surface area (Å²) >= 11 is 24.0. The van der Waals surface area contributed by atoms with Crippen LogP contribution in [0.3, 0.4) is 0 Å². The molecule has 0 nitrogen and oxygen atoms in total. The van der Waals surface area contributed by atoms with Gasteiger partial charge in [0.1, 0.15) is 0 Å². The van der Waals surface area contributed by atoms with Gasteiger partial charge in [-0.25, -0.2) is 0 Å². The van der Waals surface area contributed by atoms with Crippen LogP contribution in [0, 0.1) is 0 Å². The van der Waals surface area contributed by atoms with E-state index in [0.717, 1.165) is 11.3 Å². The van der Waals surface area contributed by atoms with Gasteiger partial charge >= 0.3 is 0 Å². The van der Waals surface area contributed by atoms with Crippen LogP contribution in [0.25, 0.3) is 0 Å². The quantitative estimate of drug-likeness (QED) is 0.459. The van der Waals surface area contributed by atoms with Gasteiger partial charge in [-0.15, -0.1) is 44.3 Å². The Hall–Kier alpha value is 1.81. The minimum absolute atomic E-state index is 0.0694. The summed E-state index contributed by atoms with van der Waals surface area (Å²) in [5.41, 5.74) is 2.05. The Labute approximate surface area is 77.3 Å². The van der Waals surface area contributed by atoms with Crippen LogP contribution in [0.4, 0.5) is 0 Å². The van der Waals surface area contributed by atoms with Crippen molar-refractivity contribution in [2.45, 2.75) is 11.3 Å². The molecule has 0 amide bonds. The largest absolute Gasteiger partial charge is 0.270 e. The molecule has 1 aliphatic rings. The van der Waals surface area contributed by atoms with E-state index in [1.165, 1.54) is 0 Å². The van der Waals surface area contributed by atoms with Gasteiger partial charge in [-0.1, -0.05) is 0 Å². The van der Waals surface area contributed by atoms with Gasteiger partial charge in [0, 0.05) is 9.52 Å². The smallest absolute Gasteiger partial charge is 0.147 e. The molecule has 9 heavy (non-hydrogen) atoms. The van der Waals surface area contributed by atoms with Crippen molar-refractivity contribution in [1.82, 2.24) is 0 Å². The molecule has 0 saturated carbocycles. The fourth-order valence-corrected chi connectivity index (χ4v) is 34.5. The van der Waals surface area contributed by atoms with Crippen molar-refractivity contribution < 1.29 is 0 Å². The predicted molar refractivity (Wildman–Crippen MR) is 53.1 cm³/mol. The highest BCUT2D eigenvalue weighted by molar-refractivity contribution is 7.95. The lowest BCUT2D eigenvalue weighted by Crippen LogP contribution is -2.41. The van der Waals surface area contributed by atoms with Crippen molar-refractivity contribution in [3.8, 4) is 0 Å². The standard InChI is InChI=1S/C2H6Cl4Si3/c3-8(4)1-7-2-9(8,5)6/h1-2,7H2. The molecule has 0 aromatic heterocycles. The molecular weight excluding hydrogens is 250 g/mol. The van der Waals surface area contributed by atoms with Crippen LogP contribution in [0.5, 0.6) is 0 Å². The number of halogens is 4. The maximum absolute atomic E-state index is 6.00. The Morgan fingerprint density at radius 2 is 1.22 bits per heavy atom. The van der Waals surface area contributed by atoms with Gasteiger partial charge in [0.05, 0.1) is 0 Å². The van der Waals surface area contributed by atoms with E-state index in [2.05, 4.69) is 0 Å². The van der Waals surface area contributed by atoms with Crippen molar-refractivity contribution >= 4 is 66.3 Å². The van der Waals surface area contributed by atoms with Crippen LogP contribution in [0.2, 0.25) is 11.3 Å². The van der Waals surface area contributed by atoms with E-state index in [4.69, 9.17) is 44.3 Å². The van der Waals surface area contributed by atoms with Crippen molar-refractivity contribution in [1.29, 1.82) is 0 Å². The lowest BCUT2D eigenvalue weighted by Gasteiger charge is -2.18. The molecule has 0 aromatic rings. The van der Waals surface area contributed by atoms with E-state index in [0.29, 0.717) is 0 Å². The van der Waals surface area contributed by atoms with E-state index in [1.54, 1.807) is 0 Å². The molecule has 0 spiro atoms. The second-order valence-electron chi connectivity index (χ2n) is 2.26. The molecule has 1 fully saturated rings. The maximum Gasteiger partial charge on any atom is 0.270 e. The molecule has 0 aromatic carbocycles. The van der Waals surface area contributed by atoms with E-state index in [9.17, 15) is 0 Å². The highest BCUT2D eigenvalue weighted by Crippen LogP contribution is 2.44. The zero-order valence-corrected chi connectivity index (χ0v) is 11.1. The Bertz CT molecular complexity index is 109. The van der Waals surface area contributed by atoms with Gasteiger partial charge < -0.3 is 0 Å². The molecule has 0 atom stereocenters. The zero-order valence-electron chi connectivity index (χ0n) is 4.63. The fourth-order valence-electron chi connectivity index (χ4n) is 0.898. The van der Waals surface area contributed by atoms with Gasteiger partial charge in [0.2, 0.25) is 0 Å². The van der Waals surface area contributed by atoms with Crippen LogP contribution in [-0.2, 0) is 0 Å². The van der Waals surface area contributed by atoms with Crippen LogP contribution in [0.15, 0.2) is 0 Å². The fraction of sp³-hybridized carbons (Fsp3) is 1.00. The summed E-state index contributed by atoms with van der Waals surface area (Å²) < 4.78 is 0. The van der Waals surface area contributed by atoms with Crippen molar-refractivity contribution in [3.05, 3.63) is 0 Å². The first-order valence-corrected chi connectivity index (χ1v) is 14.2. The minimum atomic E-state index is -2.09. The first kappa shape index (κ1) is 8.90. The highest BCUT2D eigenvalue weighted by Gasteiger charge is 2.56. The van der Waals surface area contributed by atoms with Crippen molar-refractivity contribution in [2.24, 2.45) is 0 Å². The second kappa shape index (κ2) is 2.69. The maximum atomic E-state index is 6.00. The lowest BCUT2D eigenvalue weighted by molar-refractivity contribution is 1.94. The monoisotopic (exact) mass is 254 g/mol. The van der Waals surface area contributed by atoms with Crippen molar-refractivity contribution in [2.75, 3.05) is 0 Å². The average Bonchev–Trinajstić information content (AvgIpc) is 1.81. The third kappa shape index (κ3) is 1.69. The number of hydrogen-bond donors (Lipinski definition) is 0. The van der Waals surface area contributed by atoms with E-state index >= 15 is 0 Å². The lowest BCUT2D eigenvalue weighted by atomic mass is 11.8. The molecule has 1 heterocycles. The molecule has 1 rings (SSSR count). The molecular formula is C2H6Cl4Si3. The van der Waals surface area contributed by atoms with E-state index in [1.807, 2.05) is 0 Å². The molecule has 0 bridgehead atoms. The van der Waals surface area contributed by atoms with Gasteiger partial charge in [-0.2, -0.15) is 0 Å². The normalized spacial score (nSPS) is 30.7. The molecule has 0 radical (unpaired) electrons. The summed E-state index contributed by atoms with van der Waals surface area (Å²) in [6, 6.07) is 0. The highest BCUT2D eigenvalue weighted by atomic mass is 35.8. The topological polar surface area (TPSA) is 0 Å². The summed E-state index contributed by atoms with van der Waals surface area (Å²) in [4.78, 5) is 0. The van der Waals surface area contributed by atoms with Gasteiger partial charge in [-0.3, -0.25) is 0 Å². The summed E-state index contributed by atoms with van der Waals surface area (Å²) in [6.07, 6.45) is -4.18. The number of rotatable bonds is 0. The minimum Gasteiger partial charge on any atom is -0.147 e. The molecule has 0 aliphatic carbocycles. The summed E-state index contributed by atoms with van der Waals surface area (Å²) in [6.45, 7) is 0. The van der Waals surface area contributed by atoms with Gasteiger partial charge in [0.25, 0.3) is 12.4 Å². The van der Waals surface area contributed by atoms with Crippen LogP contribution in [0.1, 0.15) is 0 Å². The molecule has 54 valence electrons. The Kier molecular flexibility index (Phi) is 2.67. The Balaban J connectivity index is 2.75. The van der Waals surface area contributed by atoms with Gasteiger partial charge in [-0.05, 0) is 11.3 Å². The molecule has 0 N–H and O–H groups in total. The number of hydrogen-bond acceptors (Lipinski definition) is 0. The summed E-state index contributed by atoms with van der Waals surface area (Å²) in [5, 5.41) is 0. The third-order valence-electron chi connectivity index (χ3n) is 1.52. The molecule has 7 heteroatoms.